The van der Waals surface area contributed by atoms with E-state index in [2.05, 4.69) is 91.3 Å². The first-order valence-electron chi connectivity index (χ1n) is 20.6. The molecule has 6 N–H and O–H groups in total. The van der Waals surface area contributed by atoms with Gasteiger partial charge in [0.2, 0.25) is 0 Å². The summed E-state index contributed by atoms with van der Waals surface area (Å²) in [4.78, 5) is 0. The molecule has 0 bridgehead atoms. The fourth-order valence-electron chi connectivity index (χ4n) is 3.68. The molecule has 0 rings (SSSR count). The maximum absolute atomic E-state index is 10.1. The Morgan fingerprint density at radius 3 is 0.590 bits per heavy atom. The fraction of sp³-hybridized carbons (Fsp3) is 0.875. The van der Waals surface area contributed by atoms with E-state index < -0.39 is 26.8 Å². The van der Waals surface area contributed by atoms with Crippen LogP contribution in [0.15, 0.2) is 0 Å². The molecule has 0 aliphatic carbocycles. The molecule has 0 fully saturated rings. The fourth-order valence-corrected chi connectivity index (χ4v) is 3.68. The van der Waals surface area contributed by atoms with Crippen LogP contribution in [0.5, 0.6) is 0 Å². The van der Waals surface area contributed by atoms with E-state index in [0.717, 1.165) is 0 Å². The number of rotatable bonds is 22. The van der Waals surface area contributed by atoms with Gasteiger partial charge in [-0.1, -0.05) is 209 Å². The predicted molar refractivity (Wildman–Crippen MR) is 238 cm³/mol. The van der Waals surface area contributed by atoms with Gasteiger partial charge in [-0.15, -0.1) is 0 Å². The van der Waals surface area contributed by atoms with Crippen LogP contribution in [-0.2, 0) is 9.31 Å². The summed E-state index contributed by atoms with van der Waals surface area (Å²) >= 11 is 2.44. The summed E-state index contributed by atoms with van der Waals surface area (Å²) in [5, 5.41) is 31.7. The van der Waals surface area contributed by atoms with Crippen molar-refractivity contribution >= 4 is 30.0 Å². The standard InChI is InChI=1S/4C8H18.2C3H3BN2O.CH2F3N.CF3.BrH2N.BrH.2K.H2O/c4*1-3-5-7-8-6-4-2;2*1-7-4(2-5)3-6;2-1(3,4)5;2-1(3)4;1-2;;;;/h4*3-8H2,1-2H3;2*1H3;5H2;;2H2;1H;;;1H2/q;;;;;;;-1;;;2*+1;/p-1. The summed E-state index contributed by atoms with van der Waals surface area (Å²) in [5.41, 5.74) is 3.35. The van der Waals surface area contributed by atoms with E-state index in [1.165, 1.54) is 168 Å². The quantitative estimate of drug-likeness (QED) is 0.0368. The van der Waals surface area contributed by atoms with Gasteiger partial charge < -0.3 is 44.9 Å². The van der Waals surface area contributed by atoms with Crippen LogP contribution in [0, 0.1) is 51.6 Å². The van der Waals surface area contributed by atoms with Crippen molar-refractivity contribution in [1.82, 2.24) is 0 Å². The molecule has 0 amide bonds. The monoisotopic (exact) mass is 1070 g/mol. The van der Waals surface area contributed by atoms with Crippen molar-refractivity contribution in [3.8, 4) is 23.9 Å². The van der Waals surface area contributed by atoms with Gasteiger partial charge in [-0.2, -0.15) is 13.2 Å². The molecule has 0 aliphatic rings. The van der Waals surface area contributed by atoms with E-state index in [1.807, 2.05) is 0 Å². The van der Waals surface area contributed by atoms with Gasteiger partial charge in [0, 0.05) is 30.4 Å². The molecule has 9 nitrogen and oxygen atoms in total. The molecule has 0 saturated carbocycles. The summed E-state index contributed by atoms with van der Waals surface area (Å²) in [7, 11) is 2.63. The third-order valence-electron chi connectivity index (χ3n) is 6.77. The van der Waals surface area contributed by atoms with Crippen LogP contribution in [0.25, 0.3) is 0 Å². The molecule has 0 heterocycles. The van der Waals surface area contributed by atoms with Crippen LogP contribution in [0.1, 0.15) is 209 Å². The summed E-state index contributed by atoms with van der Waals surface area (Å²) in [6.45, 7) is 13.2. The predicted octanol–water partition coefficient (Wildman–Crippen LogP) is 5.22. The topological polar surface area (TPSA) is 197 Å². The Labute approximate surface area is 476 Å². The minimum atomic E-state index is -4.50. The molecule has 0 aromatic carbocycles. The van der Waals surface area contributed by atoms with Gasteiger partial charge in [0.25, 0.3) is 0 Å². The summed E-state index contributed by atoms with van der Waals surface area (Å²) in [5.74, 6) is 6.47. The maximum atomic E-state index is 10.1. The zero-order valence-corrected chi connectivity index (χ0v) is 49.8. The molecule has 0 aliphatic heterocycles. The van der Waals surface area contributed by atoms with Gasteiger partial charge in [0.15, 0.2) is 6.68 Å². The average molecular weight is 1070 g/mol. The minimum absolute atomic E-state index is 0. The first kappa shape index (κ1) is 96.6. The Kier molecular flexibility index (Phi) is 165. The third-order valence-corrected chi connectivity index (χ3v) is 6.77. The number of hydrogen-bond donors (Lipinski definition) is 2. The van der Waals surface area contributed by atoms with E-state index in [1.54, 1.807) is 23.9 Å². The van der Waals surface area contributed by atoms with Gasteiger partial charge in [-0.25, -0.2) is 26.8 Å². The van der Waals surface area contributed by atoms with Crippen LogP contribution in [0.4, 0.5) is 26.3 Å². The molecule has 356 valence electrons. The Balaban J connectivity index is -0.0000000389. The summed E-state index contributed by atoms with van der Waals surface area (Å²) in [6, 6.07) is 0. The molecule has 0 spiro atoms. The van der Waals surface area contributed by atoms with Gasteiger partial charge in [0.1, 0.15) is 0 Å². The average Bonchev–Trinajstić information content (AvgIpc) is 3.18. The zero-order chi connectivity index (χ0) is 46.4. The first-order chi connectivity index (χ1) is 27.1. The van der Waals surface area contributed by atoms with Crippen molar-refractivity contribution in [2.24, 2.45) is 10.5 Å². The van der Waals surface area contributed by atoms with Crippen LogP contribution in [-0.4, -0.2) is 39.8 Å². The summed E-state index contributed by atoms with van der Waals surface area (Å²) in [6.07, 6.45) is 29.5. The summed E-state index contributed by atoms with van der Waals surface area (Å²) < 4.78 is 72.1. The number of alkyl halides is 3. The third kappa shape index (κ3) is 194. The van der Waals surface area contributed by atoms with Crippen molar-refractivity contribution in [3.05, 3.63) is 6.68 Å². The van der Waals surface area contributed by atoms with Crippen LogP contribution in [0.3, 0.4) is 0 Å². The maximum Gasteiger partial charge on any atom is 1.00 e. The molecule has 21 heteroatoms. The second-order valence-electron chi connectivity index (χ2n) is 12.2. The Bertz CT molecular complexity index is 700. The van der Waals surface area contributed by atoms with Crippen molar-refractivity contribution in [3.63, 3.8) is 0 Å². The zero-order valence-electron chi connectivity index (χ0n) is 40.4. The van der Waals surface area contributed by atoms with E-state index in [0.29, 0.717) is 0 Å². The minimum Gasteiger partial charge on any atom is -1.00 e. The van der Waals surface area contributed by atoms with Crippen molar-refractivity contribution in [2.75, 3.05) is 14.2 Å². The van der Waals surface area contributed by atoms with Gasteiger partial charge in [-0.05, 0) is 0 Å². The number of halogens is 8. The number of nitriles is 4. The molecule has 0 saturated heterocycles. The van der Waals surface area contributed by atoms with Crippen molar-refractivity contribution in [1.29, 1.82) is 21.0 Å². The molecule has 61 heavy (non-hydrogen) atoms. The largest absolute Gasteiger partial charge is 1.00 e. The van der Waals surface area contributed by atoms with E-state index in [4.69, 9.17) is 21.0 Å². The van der Waals surface area contributed by atoms with Gasteiger partial charge >= 0.3 is 123 Å². The van der Waals surface area contributed by atoms with Crippen LogP contribution >= 0.6 is 16.1 Å². The normalized spacial score (nSPS) is 8.20. The number of hydrogen-bond acceptors (Lipinski definition) is 8. The Morgan fingerprint density at radius 1 is 0.459 bits per heavy atom. The van der Waals surface area contributed by atoms with Gasteiger partial charge in [-0.3, -0.25) is 4.76 Å². The van der Waals surface area contributed by atoms with Crippen LogP contribution < -0.4 is 130 Å². The SMILES string of the molecule is CCCCCCCC.CCCCCCCC.CCCCCCCC.CCCCCCCC.COB(C#N)C#N.COB(C#N)C#N.F[C-](F)F.NBr.NC(F)(F)F.O.[Br-].[K+].[K+]. The Hall–Kier alpha value is 1.70. The van der Waals surface area contributed by atoms with Gasteiger partial charge in [0.05, 0.1) is 23.9 Å². The number of nitrogens with two attached hydrogens (primary N) is 2. The number of nitrogens with zero attached hydrogens (tertiary/aromatic N) is 4. The second kappa shape index (κ2) is 104. The van der Waals surface area contributed by atoms with E-state index in [9.17, 15) is 26.3 Å². The second-order valence-corrected chi connectivity index (χ2v) is 12.2. The molecule has 0 unspecified atom stereocenters. The molecule has 0 radical (unpaired) electrons. The number of unbranched alkanes of at least 4 members (excludes halogenated alkanes) is 20. The molecular weight excluding hydrogens is 986 g/mol. The molecule has 0 aromatic heterocycles. The smallest absolute Gasteiger partial charge is 1.00 e. The van der Waals surface area contributed by atoms with E-state index in [-0.39, 0.29) is 125 Å². The first-order valence-corrected chi connectivity index (χ1v) is 21.6. The molecule has 0 aromatic rings. The Morgan fingerprint density at radius 2 is 0.557 bits per heavy atom. The van der Waals surface area contributed by atoms with Crippen molar-refractivity contribution in [2.45, 2.75) is 216 Å². The molecular formula is C40H84B2Br2F6K2N6O3. The van der Waals surface area contributed by atoms with Crippen molar-refractivity contribution < 1.29 is 161 Å². The molecule has 0 atom stereocenters. The van der Waals surface area contributed by atoms with E-state index >= 15 is 0 Å². The van der Waals surface area contributed by atoms with Crippen LogP contribution in [0.2, 0.25) is 0 Å².